The summed E-state index contributed by atoms with van der Waals surface area (Å²) in [6.07, 6.45) is 4.83. The lowest BCUT2D eigenvalue weighted by atomic mass is 9.87. The molecule has 8 heteroatoms. The van der Waals surface area contributed by atoms with Gasteiger partial charge in [0.15, 0.2) is 5.82 Å². The number of nitrogens with zero attached hydrogens (tertiary/aromatic N) is 4. The highest BCUT2D eigenvalue weighted by molar-refractivity contribution is 5.75. The SMILES string of the molecule is COc1ccc2c(c1)[C@@H](NC(=O)N1CCC(c3nn[nH]n3)CC1)CCC2. The molecule has 2 N–H and O–H groups in total. The number of amides is 2. The number of H-pyrrole nitrogens is 1. The molecule has 138 valence electrons. The third-order valence-corrected chi connectivity index (χ3v) is 5.47. The molecule has 0 unspecified atom stereocenters. The molecule has 0 spiro atoms. The van der Waals surface area contributed by atoms with Crippen molar-refractivity contribution in [3.05, 3.63) is 35.2 Å². The Morgan fingerprint density at radius 3 is 2.88 bits per heavy atom. The summed E-state index contributed by atoms with van der Waals surface area (Å²) < 4.78 is 5.35. The summed E-state index contributed by atoms with van der Waals surface area (Å²) in [6, 6.07) is 6.23. The summed E-state index contributed by atoms with van der Waals surface area (Å²) in [6.45, 7) is 1.42. The number of benzene rings is 1. The second-order valence-electron chi connectivity index (χ2n) is 6.99. The standard InChI is InChI=1S/C18H24N6O2/c1-26-14-6-5-12-3-2-4-16(15(12)11-14)19-18(25)24-9-7-13(8-10-24)17-20-22-23-21-17/h5-6,11,13,16H,2-4,7-10H2,1H3,(H,19,25)(H,20,21,22,23)/t16-/m0/s1. The molecule has 1 saturated heterocycles. The number of carbonyl (C=O) groups excluding carboxylic acids is 1. The molecule has 4 rings (SSSR count). The number of fused-ring (bicyclic) bond motifs is 1. The Morgan fingerprint density at radius 1 is 1.31 bits per heavy atom. The maximum Gasteiger partial charge on any atom is 0.317 e. The Balaban J connectivity index is 1.39. The van der Waals surface area contributed by atoms with Crippen LogP contribution in [0.4, 0.5) is 4.79 Å². The number of aromatic nitrogens is 4. The normalized spacial score (nSPS) is 20.5. The average molecular weight is 356 g/mol. The van der Waals surface area contributed by atoms with E-state index in [2.05, 4.69) is 38.1 Å². The van der Waals surface area contributed by atoms with Crippen molar-refractivity contribution in [3.8, 4) is 5.75 Å². The van der Waals surface area contributed by atoms with E-state index in [0.29, 0.717) is 13.1 Å². The first-order chi connectivity index (χ1) is 12.7. The van der Waals surface area contributed by atoms with E-state index < -0.39 is 0 Å². The minimum Gasteiger partial charge on any atom is -0.497 e. The number of ether oxygens (including phenoxy) is 1. The molecule has 8 nitrogen and oxygen atoms in total. The van der Waals surface area contributed by atoms with E-state index >= 15 is 0 Å². The first-order valence-corrected chi connectivity index (χ1v) is 9.20. The Labute approximate surface area is 152 Å². The highest BCUT2D eigenvalue weighted by Crippen LogP contribution is 2.33. The number of aryl methyl sites for hydroxylation is 1. The van der Waals surface area contributed by atoms with Crippen LogP contribution in [0.1, 0.15) is 54.6 Å². The Kier molecular flexibility index (Phi) is 4.73. The van der Waals surface area contributed by atoms with E-state index in [1.807, 2.05) is 11.0 Å². The predicted octanol–water partition coefficient (Wildman–Crippen LogP) is 2.17. The number of urea groups is 1. The summed E-state index contributed by atoms with van der Waals surface area (Å²) >= 11 is 0. The van der Waals surface area contributed by atoms with Crippen LogP contribution in [0.5, 0.6) is 5.75 Å². The number of hydrogen-bond donors (Lipinski definition) is 2. The summed E-state index contributed by atoms with van der Waals surface area (Å²) in [5.41, 5.74) is 2.49. The topological polar surface area (TPSA) is 96.0 Å². The van der Waals surface area contributed by atoms with Crippen LogP contribution < -0.4 is 10.1 Å². The minimum absolute atomic E-state index is 0.0113. The van der Waals surface area contributed by atoms with Crippen LogP contribution in [0.3, 0.4) is 0 Å². The first kappa shape index (κ1) is 16.8. The zero-order valence-electron chi connectivity index (χ0n) is 14.9. The Hall–Kier alpha value is -2.64. The van der Waals surface area contributed by atoms with Crippen molar-refractivity contribution < 1.29 is 9.53 Å². The molecule has 1 aliphatic carbocycles. The van der Waals surface area contributed by atoms with E-state index in [-0.39, 0.29) is 18.0 Å². The third kappa shape index (κ3) is 3.36. The molecule has 0 saturated carbocycles. The van der Waals surface area contributed by atoms with E-state index in [1.54, 1.807) is 7.11 Å². The fourth-order valence-electron chi connectivity index (χ4n) is 3.98. The Morgan fingerprint density at radius 2 is 2.15 bits per heavy atom. The lowest BCUT2D eigenvalue weighted by molar-refractivity contribution is 0.175. The number of nitrogens with one attached hydrogen (secondary N) is 2. The van der Waals surface area contributed by atoms with Gasteiger partial charge in [0, 0.05) is 19.0 Å². The second-order valence-corrected chi connectivity index (χ2v) is 6.99. The highest BCUT2D eigenvalue weighted by Gasteiger charge is 2.29. The van der Waals surface area contributed by atoms with Crippen LogP contribution in [0.25, 0.3) is 0 Å². The molecule has 1 aliphatic heterocycles. The predicted molar refractivity (Wildman–Crippen MR) is 94.9 cm³/mol. The molecule has 1 fully saturated rings. The van der Waals surface area contributed by atoms with Gasteiger partial charge in [-0.1, -0.05) is 11.3 Å². The largest absolute Gasteiger partial charge is 0.497 e. The van der Waals surface area contributed by atoms with Gasteiger partial charge in [0.05, 0.1) is 13.2 Å². The van der Waals surface area contributed by atoms with Crippen LogP contribution in [-0.2, 0) is 6.42 Å². The molecule has 2 aliphatic rings. The van der Waals surface area contributed by atoms with E-state index in [9.17, 15) is 4.79 Å². The molecular weight excluding hydrogens is 332 g/mol. The molecule has 2 heterocycles. The summed E-state index contributed by atoms with van der Waals surface area (Å²) in [4.78, 5) is 14.7. The monoisotopic (exact) mass is 356 g/mol. The van der Waals surface area contributed by atoms with E-state index in [4.69, 9.17) is 4.74 Å². The van der Waals surface area contributed by atoms with Gasteiger partial charge in [-0.2, -0.15) is 5.21 Å². The fraction of sp³-hybridized carbons (Fsp3) is 0.556. The molecule has 26 heavy (non-hydrogen) atoms. The smallest absolute Gasteiger partial charge is 0.317 e. The summed E-state index contributed by atoms with van der Waals surface area (Å²) in [5, 5.41) is 17.5. The lowest BCUT2D eigenvalue weighted by Gasteiger charge is -2.33. The van der Waals surface area contributed by atoms with Crippen LogP contribution in [-0.4, -0.2) is 51.8 Å². The van der Waals surface area contributed by atoms with E-state index in [1.165, 1.54) is 11.1 Å². The van der Waals surface area contributed by atoms with Crippen molar-refractivity contribution in [3.63, 3.8) is 0 Å². The zero-order chi connectivity index (χ0) is 17.9. The van der Waals surface area contributed by atoms with Gasteiger partial charge in [0.25, 0.3) is 0 Å². The van der Waals surface area contributed by atoms with Gasteiger partial charge in [-0.05, 0) is 55.4 Å². The minimum atomic E-state index is 0.0113. The van der Waals surface area contributed by atoms with Gasteiger partial charge in [-0.25, -0.2) is 4.79 Å². The molecule has 0 radical (unpaired) electrons. The third-order valence-electron chi connectivity index (χ3n) is 5.47. The van der Waals surface area contributed by atoms with Crippen molar-refractivity contribution in [1.29, 1.82) is 0 Å². The van der Waals surface area contributed by atoms with Crippen molar-refractivity contribution in [2.45, 2.75) is 44.1 Å². The molecule has 1 atom stereocenters. The number of likely N-dealkylation sites (tertiary alicyclic amines) is 1. The van der Waals surface area contributed by atoms with Gasteiger partial charge in [0.2, 0.25) is 0 Å². The number of methoxy groups -OCH3 is 1. The average Bonchev–Trinajstić information content (AvgIpc) is 3.23. The van der Waals surface area contributed by atoms with Crippen LogP contribution in [0.15, 0.2) is 18.2 Å². The van der Waals surface area contributed by atoms with Crippen LogP contribution >= 0.6 is 0 Å². The van der Waals surface area contributed by atoms with Crippen LogP contribution in [0, 0.1) is 0 Å². The maximum atomic E-state index is 12.8. The maximum absolute atomic E-state index is 12.8. The van der Waals surface area contributed by atoms with Gasteiger partial charge < -0.3 is 15.0 Å². The number of hydrogen-bond acceptors (Lipinski definition) is 5. The van der Waals surface area contributed by atoms with E-state index in [0.717, 1.165) is 43.7 Å². The molecular formula is C18H24N6O2. The summed E-state index contributed by atoms with van der Waals surface area (Å²) in [5.74, 6) is 1.86. The summed E-state index contributed by atoms with van der Waals surface area (Å²) in [7, 11) is 1.67. The number of piperidine rings is 1. The van der Waals surface area contributed by atoms with Gasteiger partial charge in [-0.3, -0.25) is 0 Å². The lowest BCUT2D eigenvalue weighted by Crippen LogP contribution is -2.45. The van der Waals surface area contributed by atoms with Gasteiger partial charge in [-0.15, -0.1) is 10.2 Å². The molecule has 1 aromatic carbocycles. The van der Waals surface area contributed by atoms with Crippen molar-refractivity contribution in [2.75, 3.05) is 20.2 Å². The first-order valence-electron chi connectivity index (χ1n) is 9.20. The number of tetrazole rings is 1. The quantitative estimate of drug-likeness (QED) is 0.879. The molecule has 2 aromatic rings. The number of rotatable bonds is 3. The second kappa shape index (κ2) is 7.31. The fourth-order valence-corrected chi connectivity index (χ4v) is 3.98. The zero-order valence-corrected chi connectivity index (χ0v) is 14.9. The van der Waals surface area contributed by atoms with Crippen molar-refractivity contribution in [1.82, 2.24) is 30.8 Å². The van der Waals surface area contributed by atoms with Gasteiger partial charge >= 0.3 is 6.03 Å². The number of aromatic amines is 1. The van der Waals surface area contributed by atoms with Gasteiger partial charge in [0.1, 0.15) is 5.75 Å². The molecule has 2 amide bonds. The Bertz CT molecular complexity index is 755. The molecule has 1 aromatic heterocycles. The highest BCUT2D eigenvalue weighted by atomic mass is 16.5. The van der Waals surface area contributed by atoms with Crippen molar-refractivity contribution >= 4 is 6.03 Å². The van der Waals surface area contributed by atoms with Crippen molar-refractivity contribution in [2.24, 2.45) is 0 Å². The van der Waals surface area contributed by atoms with Crippen LogP contribution in [0.2, 0.25) is 0 Å². The number of carbonyl (C=O) groups is 1. The molecule has 0 bridgehead atoms.